The van der Waals surface area contributed by atoms with Crippen LogP contribution in [0.4, 0.5) is 4.79 Å². The van der Waals surface area contributed by atoms with Gasteiger partial charge in [0.1, 0.15) is 5.82 Å². The van der Waals surface area contributed by atoms with Crippen molar-refractivity contribution in [1.29, 1.82) is 0 Å². The molecule has 0 radical (unpaired) electrons. The number of primary amides is 1. The van der Waals surface area contributed by atoms with Crippen molar-refractivity contribution in [2.45, 2.75) is 31.8 Å². The van der Waals surface area contributed by atoms with Crippen molar-refractivity contribution in [3.63, 3.8) is 0 Å². The minimum atomic E-state index is -0.330. The summed E-state index contributed by atoms with van der Waals surface area (Å²) >= 11 is 6.05. The van der Waals surface area contributed by atoms with E-state index in [9.17, 15) is 4.79 Å². The molecule has 3 N–H and O–H groups in total. The first-order valence-electron chi connectivity index (χ1n) is 7.88. The molecule has 3 rings (SSSR count). The van der Waals surface area contributed by atoms with Crippen molar-refractivity contribution in [3.05, 3.63) is 29.0 Å². The highest BCUT2D eigenvalue weighted by atomic mass is 35.5. The summed E-state index contributed by atoms with van der Waals surface area (Å²) in [5.74, 6) is 0.986. The Kier molecular flexibility index (Phi) is 4.46. The second kappa shape index (κ2) is 6.37. The predicted molar refractivity (Wildman–Crippen MR) is 91.5 cm³/mol. The smallest absolute Gasteiger partial charge is 0.314 e. The van der Waals surface area contributed by atoms with Crippen molar-refractivity contribution >= 4 is 28.7 Å². The van der Waals surface area contributed by atoms with E-state index in [4.69, 9.17) is 22.3 Å². The molecule has 1 fully saturated rings. The topological polar surface area (TPSA) is 76.2 Å². The minimum absolute atomic E-state index is 0.122. The Balaban J connectivity index is 1.70. The molecule has 1 unspecified atom stereocenters. The maximum atomic E-state index is 11.2. The van der Waals surface area contributed by atoms with Crippen LogP contribution in [0.1, 0.15) is 31.6 Å². The van der Waals surface area contributed by atoms with Gasteiger partial charge in [-0.05, 0) is 38.0 Å². The largest absolute Gasteiger partial charge is 0.351 e. The number of nitrogens with zero attached hydrogens (tertiary/aromatic N) is 3. The van der Waals surface area contributed by atoms with E-state index in [1.54, 1.807) is 4.90 Å². The molecule has 124 valence electrons. The van der Waals surface area contributed by atoms with Gasteiger partial charge < -0.3 is 20.5 Å². The monoisotopic (exact) mass is 335 g/mol. The van der Waals surface area contributed by atoms with Gasteiger partial charge in [-0.25, -0.2) is 9.78 Å². The van der Waals surface area contributed by atoms with E-state index in [1.807, 2.05) is 25.2 Å². The number of hydrogen-bond acceptors (Lipinski definition) is 3. The summed E-state index contributed by atoms with van der Waals surface area (Å²) in [6.07, 6.45) is 1.81. The molecule has 1 atom stereocenters. The molecular formula is C16H22ClN5O. The molecule has 1 saturated heterocycles. The molecule has 1 aliphatic rings. The van der Waals surface area contributed by atoms with Gasteiger partial charge in [-0.3, -0.25) is 0 Å². The number of carbonyl (C=O) groups is 1. The second-order valence-electron chi connectivity index (χ2n) is 6.15. The predicted octanol–water partition coefficient (Wildman–Crippen LogP) is 2.42. The molecule has 0 spiro atoms. The third kappa shape index (κ3) is 3.28. The molecule has 23 heavy (non-hydrogen) atoms. The van der Waals surface area contributed by atoms with Crippen LogP contribution in [0.25, 0.3) is 11.0 Å². The lowest BCUT2D eigenvalue weighted by atomic mass is 10.0. The van der Waals surface area contributed by atoms with E-state index < -0.39 is 0 Å². The van der Waals surface area contributed by atoms with E-state index in [-0.39, 0.29) is 12.1 Å². The Morgan fingerprint density at radius 3 is 2.78 bits per heavy atom. The summed E-state index contributed by atoms with van der Waals surface area (Å²) < 4.78 is 2.10. The highest BCUT2D eigenvalue weighted by Gasteiger charge is 2.24. The van der Waals surface area contributed by atoms with E-state index in [0.29, 0.717) is 24.2 Å². The highest BCUT2D eigenvalue weighted by molar-refractivity contribution is 6.31. The molecule has 7 heteroatoms. The van der Waals surface area contributed by atoms with Gasteiger partial charge in [-0.1, -0.05) is 11.6 Å². The number of fused-ring (bicyclic) bond motifs is 1. The summed E-state index contributed by atoms with van der Waals surface area (Å²) in [7, 11) is 2.02. The number of imidazole rings is 1. The van der Waals surface area contributed by atoms with Crippen LogP contribution in [0.3, 0.4) is 0 Å². The first kappa shape index (κ1) is 16.1. The van der Waals surface area contributed by atoms with Crippen molar-refractivity contribution in [2.75, 3.05) is 13.1 Å². The zero-order valence-electron chi connectivity index (χ0n) is 13.4. The van der Waals surface area contributed by atoms with Gasteiger partial charge in [0.25, 0.3) is 0 Å². The third-order valence-electron chi connectivity index (χ3n) is 4.56. The SMILES string of the molecule is CC(NC1CCN(C(N)=O)CC1)c1nc2cc(Cl)ccc2n1C. The van der Waals surface area contributed by atoms with Crippen LogP contribution in [-0.4, -0.2) is 39.6 Å². The number of nitrogens with two attached hydrogens (primary N) is 1. The van der Waals surface area contributed by atoms with E-state index >= 15 is 0 Å². The summed E-state index contributed by atoms with van der Waals surface area (Å²) in [4.78, 5) is 17.6. The quantitative estimate of drug-likeness (QED) is 0.904. The Labute approximate surface area is 140 Å². The Morgan fingerprint density at radius 1 is 1.43 bits per heavy atom. The third-order valence-corrected chi connectivity index (χ3v) is 4.79. The Morgan fingerprint density at radius 2 is 2.13 bits per heavy atom. The summed E-state index contributed by atoms with van der Waals surface area (Å²) in [6.45, 7) is 3.53. The molecule has 6 nitrogen and oxygen atoms in total. The summed E-state index contributed by atoms with van der Waals surface area (Å²) in [5, 5.41) is 4.31. The first-order valence-corrected chi connectivity index (χ1v) is 8.26. The van der Waals surface area contributed by atoms with Crippen LogP contribution in [-0.2, 0) is 7.05 Å². The second-order valence-corrected chi connectivity index (χ2v) is 6.59. The van der Waals surface area contributed by atoms with Gasteiger partial charge in [0.2, 0.25) is 0 Å². The zero-order chi connectivity index (χ0) is 16.6. The normalized spacial score (nSPS) is 17.6. The molecule has 1 aromatic heterocycles. The standard InChI is InChI=1S/C16H22ClN5O/c1-10(19-12-5-7-22(8-6-12)16(18)23)15-20-13-9-11(17)3-4-14(13)21(15)2/h3-4,9-10,12,19H,5-8H2,1-2H3,(H2,18,23). The first-order chi connectivity index (χ1) is 11.0. The molecular weight excluding hydrogens is 314 g/mol. The summed E-state index contributed by atoms with van der Waals surface area (Å²) in [6, 6.07) is 5.92. The van der Waals surface area contributed by atoms with Gasteiger partial charge in [-0.2, -0.15) is 0 Å². The van der Waals surface area contributed by atoms with Gasteiger partial charge in [0.15, 0.2) is 0 Å². The van der Waals surface area contributed by atoms with E-state index in [1.165, 1.54) is 0 Å². The number of benzene rings is 1. The van der Waals surface area contributed by atoms with E-state index in [0.717, 1.165) is 29.7 Å². The van der Waals surface area contributed by atoms with Crippen LogP contribution in [0, 0.1) is 0 Å². The number of piperidine rings is 1. The summed E-state index contributed by atoms with van der Waals surface area (Å²) in [5.41, 5.74) is 7.30. The van der Waals surface area contributed by atoms with E-state index in [2.05, 4.69) is 16.8 Å². The number of aryl methyl sites for hydroxylation is 1. The molecule has 0 saturated carbocycles. The van der Waals surface area contributed by atoms with Crippen molar-refractivity contribution < 1.29 is 4.79 Å². The molecule has 2 heterocycles. The van der Waals surface area contributed by atoms with Crippen molar-refractivity contribution in [2.24, 2.45) is 12.8 Å². The molecule has 1 aromatic carbocycles. The fraction of sp³-hybridized carbons (Fsp3) is 0.500. The number of nitrogens with one attached hydrogen (secondary N) is 1. The van der Waals surface area contributed by atoms with Crippen molar-refractivity contribution in [3.8, 4) is 0 Å². The number of aromatic nitrogens is 2. The minimum Gasteiger partial charge on any atom is -0.351 e. The molecule has 0 aliphatic carbocycles. The van der Waals surface area contributed by atoms with Gasteiger partial charge in [0, 0.05) is 31.2 Å². The van der Waals surface area contributed by atoms with Crippen LogP contribution in [0.2, 0.25) is 5.02 Å². The number of hydrogen-bond donors (Lipinski definition) is 2. The lowest BCUT2D eigenvalue weighted by Gasteiger charge is -2.32. The van der Waals surface area contributed by atoms with Gasteiger partial charge >= 0.3 is 6.03 Å². The number of rotatable bonds is 3. The number of halogens is 1. The number of urea groups is 1. The van der Waals surface area contributed by atoms with Crippen LogP contribution < -0.4 is 11.1 Å². The maximum absolute atomic E-state index is 11.2. The van der Waals surface area contributed by atoms with Crippen molar-refractivity contribution in [1.82, 2.24) is 19.8 Å². The molecule has 2 aromatic rings. The maximum Gasteiger partial charge on any atom is 0.314 e. The van der Waals surface area contributed by atoms with Gasteiger partial charge in [0.05, 0.1) is 17.1 Å². The van der Waals surface area contributed by atoms with Crippen LogP contribution in [0.15, 0.2) is 18.2 Å². The Hall–Kier alpha value is -1.79. The Bertz CT molecular complexity index is 721. The average Bonchev–Trinajstić information content (AvgIpc) is 2.84. The molecule has 2 amide bonds. The lowest BCUT2D eigenvalue weighted by Crippen LogP contribution is -2.47. The zero-order valence-corrected chi connectivity index (χ0v) is 14.2. The number of carbonyl (C=O) groups excluding carboxylic acids is 1. The van der Waals surface area contributed by atoms with Crippen LogP contribution >= 0.6 is 11.6 Å². The number of amides is 2. The average molecular weight is 336 g/mol. The lowest BCUT2D eigenvalue weighted by molar-refractivity contribution is 0.182. The number of likely N-dealkylation sites (tertiary alicyclic amines) is 1. The van der Waals surface area contributed by atoms with Gasteiger partial charge in [-0.15, -0.1) is 0 Å². The molecule has 0 bridgehead atoms. The van der Waals surface area contributed by atoms with Crippen LogP contribution in [0.5, 0.6) is 0 Å². The highest BCUT2D eigenvalue weighted by Crippen LogP contribution is 2.23. The molecule has 1 aliphatic heterocycles. The fourth-order valence-corrected chi connectivity index (χ4v) is 3.44. The fourth-order valence-electron chi connectivity index (χ4n) is 3.27.